The van der Waals surface area contributed by atoms with Gasteiger partial charge in [0.1, 0.15) is 11.6 Å². The lowest BCUT2D eigenvalue weighted by Crippen LogP contribution is -2.41. The summed E-state index contributed by atoms with van der Waals surface area (Å²) in [5, 5.41) is 15.9. The highest BCUT2D eigenvalue weighted by atomic mass is 19.1. The number of nitrogens with one attached hydrogen (secondary N) is 2. The van der Waals surface area contributed by atoms with Crippen LogP contribution in [0.1, 0.15) is 40.7 Å². The highest BCUT2D eigenvalue weighted by molar-refractivity contribution is 5.99. The molecule has 0 spiro atoms. The average Bonchev–Trinajstić information content (AvgIpc) is 3.37. The van der Waals surface area contributed by atoms with E-state index < -0.39 is 0 Å². The van der Waals surface area contributed by atoms with E-state index in [1.165, 1.54) is 12.1 Å². The monoisotopic (exact) mass is 500 g/mol. The molecule has 8 heteroatoms. The summed E-state index contributed by atoms with van der Waals surface area (Å²) >= 11 is 0. The number of anilines is 1. The number of benzene rings is 2. The maximum Gasteiger partial charge on any atom is 0.255 e. The maximum atomic E-state index is 13.6. The van der Waals surface area contributed by atoms with E-state index >= 15 is 0 Å². The minimum absolute atomic E-state index is 0.202. The molecule has 1 saturated heterocycles. The number of halogens is 1. The third-order valence-corrected chi connectivity index (χ3v) is 6.71. The minimum Gasteiger partial charge on any atom is -0.369 e. The molecule has 1 amide bonds. The number of carbonyl (C=O) groups is 1. The topological polar surface area (TPSA) is 107 Å². The Kier molecular flexibility index (Phi) is 9.19. The Morgan fingerprint density at radius 2 is 2.05 bits per heavy atom. The molecule has 3 aromatic rings. The van der Waals surface area contributed by atoms with Crippen molar-refractivity contribution in [1.29, 1.82) is 5.26 Å². The van der Waals surface area contributed by atoms with E-state index in [0.717, 1.165) is 37.9 Å². The van der Waals surface area contributed by atoms with Crippen LogP contribution in [-0.2, 0) is 6.42 Å². The van der Waals surface area contributed by atoms with Crippen molar-refractivity contribution >= 4 is 11.7 Å². The number of likely N-dealkylation sites (tertiary alicyclic amines) is 1. The molecule has 1 fully saturated rings. The zero-order valence-electron chi connectivity index (χ0n) is 20.9. The number of hydrogen-bond donors (Lipinski definition) is 3. The first-order chi connectivity index (χ1) is 18.1. The molecule has 0 radical (unpaired) electrons. The summed E-state index contributed by atoms with van der Waals surface area (Å²) in [5.41, 5.74) is 8.78. The van der Waals surface area contributed by atoms with E-state index in [-0.39, 0.29) is 11.7 Å². The Bertz CT molecular complexity index is 1260. The lowest BCUT2D eigenvalue weighted by molar-refractivity contribution is 0.0941. The van der Waals surface area contributed by atoms with E-state index in [1.807, 2.05) is 24.3 Å². The van der Waals surface area contributed by atoms with Crippen molar-refractivity contribution in [2.75, 3.05) is 38.0 Å². The predicted octanol–water partition coefficient (Wildman–Crippen LogP) is 3.96. The molecule has 0 saturated carbocycles. The van der Waals surface area contributed by atoms with Crippen LogP contribution in [0.15, 0.2) is 60.7 Å². The van der Waals surface area contributed by atoms with Gasteiger partial charge in [0.25, 0.3) is 5.91 Å². The second-order valence-corrected chi connectivity index (χ2v) is 9.24. The van der Waals surface area contributed by atoms with Crippen LogP contribution in [0.3, 0.4) is 0 Å². The molecule has 192 valence electrons. The molecule has 1 atom stereocenters. The van der Waals surface area contributed by atoms with Gasteiger partial charge in [-0.25, -0.2) is 9.37 Å². The van der Waals surface area contributed by atoms with Gasteiger partial charge in [0, 0.05) is 24.7 Å². The molecular formula is C29H33FN6O. The molecule has 37 heavy (non-hydrogen) atoms. The number of hydrogen-bond acceptors (Lipinski definition) is 6. The van der Waals surface area contributed by atoms with E-state index in [1.54, 1.807) is 24.3 Å². The molecule has 1 aliphatic heterocycles. The van der Waals surface area contributed by atoms with Crippen molar-refractivity contribution in [1.82, 2.24) is 15.2 Å². The average molecular weight is 501 g/mol. The second kappa shape index (κ2) is 12.9. The van der Waals surface area contributed by atoms with Gasteiger partial charge >= 0.3 is 0 Å². The number of nitriles is 1. The van der Waals surface area contributed by atoms with Crippen LogP contribution in [-0.4, -0.2) is 54.6 Å². The number of pyridine rings is 1. The van der Waals surface area contributed by atoms with Crippen molar-refractivity contribution < 1.29 is 9.18 Å². The molecule has 0 aliphatic carbocycles. The fraction of sp³-hybridized carbons (Fsp3) is 0.345. The molecule has 1 aliphatic rings. The number of carbonyl (C=O) groups excluding carboxylic acids is 1. The molecular weight excluding hydrogens is 467 g/mol. The fourth-order valence-corrected chi connectivity index (χ4v) is 4.77. The third-order valence-electron chi connectivity index (χ3n) is 6.71. The van der Waals surface area contributed by atoms with Crippen molar-refractivity contribution in [2.45, 2.75) is 31.7 Å². The molecule has 2 aromatic carbocycles. The largest absolute Gasteiger partial charge is 0.369 e. The first-order valence-corrected chi connectivity index (χ1v) is 12.8. The number of aromatic nitrogens is 1. The van der Waals surface area contributed by atoms with Crippen LogP contribution >= 0.6 is 0 Å². The summed E-state index contributed by atoms with van der Waals surface area (Å²) in [6, 6.07) is 19.7. The second-order valence-electron chi connectivity index (χ2n) is 9.24. The van der Waals surface area contributed by atoms with Gasteiger partial charge in [0.15, 0.2) is 0 Å². The molecule has 4 N–H and O–H groups in total. The van der Waals surface area contributed by atoms with Gasteiger partial charge < -0.3 is 16.4 Å². The highest BCUT2D eigenvalue weighted by Gasteiger charge is 2.25. The maximum absolute atomic E-state index is 13.6. The molecule has 2 heterocycles. The van der Waals surface area contributed by atoms with Gasteiger partial charge in [-0.1, -0.05) is 30.3 Å². The molecule has 0 bridgehead atoms. The van der Waals surface area contributed by atoms with Crippen LogP contribution in [0.2, 0.25) is 0 Å². The van der Waals surface area contributed by atoms with Crippen LogP contribution in [0.4, 0.5) is 10.2 Å². The Labute approximate surface area is 217 Å². The Morgan fingerprint density at radius 1 is 1.19 bits per heavy atom. The Morgan fingerprint density at radius 3 is 2.86 bits per heavy atom. The SMILES string of the molecule is N#Cc1ccccc1-c1ccc(C(=O)NC[C@H]2CCCN2CCCN)c(NCCc2cccc(F)c2)n1. The highest BCUT2D eigenvalue weighted by Crippen LogP contribution is 2.25. The Hall–Kier alpha value is -3.80. The zero-order chi connectivity index (χ0) is 26.0. The Balaban J connectivity index is 1.52. The summed E-state index contributed by atoms with van der Waals surface area (Å²) in [7, 11) is 0. The van der Waals surface area contributed by atoms with Crippen molar-refractivity contribution in [3.8, 4) is 17.3 Å². The summed E-state index contributed by atoms with van der Waals surface area (Å²) in [5.74, 6) is -0.0460. The van der Waals surface area contributed by atoms with Crippen LogP contribution < -0.4 is 16.4 Å². The van der Waals surface area contributed by atoms with Gasteiger partial charge in [-0.05, 0) is 81.2 Å². The quantitative estimate of drug-likeness (QED) is 0.368. The summed E-state index contributed by atoms with van der Waals surface area (Å²) in [6.45, 7) is 3.66. The van der Waals surface area contributed by atoms with Crippen molar-refractivity contribution in [3.63, 3.8) is 0 Å². The van der Waals surface area contributed by atoms with E-state index in [2.05, 4.69) is 21.6 Å². The van der Waals surface area contributed by atoms with Crippen LogP contribution in [0.25, 0.3) is 11.3 Å². The predicted molar refractivity (Wildman–Crippen MR) is 144 cm³/mol. The summed E-state index contributed by atoms with van der Waals surface area (Å²) < 4.78 is 13.6. The normalized spacial score (nSPS) is 15.3. The lowest BCUT2D eigenvalue weighted by Gasteiger charge is -2.24. The zero-order valence-corrected chi connectivity index (χ0v) is 20.9. The molecule has 1 aromatic heterocycles. The van der Waals surface area contributed by atoms with Gasteiger partial charge in [0.2, 0.25) is 0 Å². The van der Waals surface area contributed by atoms with E-state index in [9.17, 15) is 14.4 Å². The van der Waals surface area contributed by atoms with Gasteiger partial charge in [0.05, 0.1) is 22.9 Å². The minimum atomic E-state index is -0.279. The van der Waals surface area contributed by atoms with Crippen LogP contribution in [0, 0.1) is 17.1 Å². The van der Waals surface area contributed by atoms with Gasteiger partial charge in [-0.2, -0.15) is 5.26 Å². The molecule has 4 rings (SSSR count). The van der Waals surface area contributed by atoms with Crippen molar-refractivity contribution in [3.05, 3.63) is 83.2 Å². The summed E-state index contributed by atoms with van der Waals surface area (Å²) in [4.78, 5) is 20.4. The van der Waals surface area contributed by atoms with E-state index in [4.69, 9.17) is 10.7 Å². The number of amides is 1. The van der Waals surface area contributed by atoms with Gasteiger partial charge in [-0.15, -0.1) is 0 Å². The standard InChI is InChI=1S/C29H33FN6O/c30-23-8-3-6-21(18-23)13-15-33-28-26(11-12-27(35-28)25-10-2-1-7-22(25)19-32)29(37)34-20-24-9-4-16-36(24)17-5-14-31/h1-3,6-8,10-12,18,24H,4-5,9,13-17,20,31H2,(H,33,35)(H,34,37)/t24-/m1/s1. The fourth-order valence-electron chi connectivity index (χ4n) is 4.77. The van der Waals surface area contributed by atoms with Crippen LogP contribution in [0.5, 0.6) is 0 Å². The molecule has 7 nitrogen and oxygen atoms in total. The summed E-state index contributed by atoms with van der Waals surface area (Å²) in [6.07, 6.45) is 3.68. The smallest absolute Gasteiger partial charge is 0.255 e. The first kappa shape index (κ1) is 26.3. The number of rotatable bonds is 11. The lowest BCUT2D eigenvalue weighted by atomic mass is 10.0. The van der Waals surface area contributed by atoms with Crippen molar-refractivity contribution in [2.24, 2.45) is 5.73 Å². The molecule has 0 unspecified atom stereocenters. The first-order valence-electron chi connectivity index (χ1n) is 12.8. The number of nitrogens with zero attached hydrogens (tertiary/aromatic N) is 3. The number of nitrogens with two attached hydrogens (primary N) is 1. The van der Waals surface area contributed by atoms with Gasteiger partial charge in [-0.3, -0.25) is 9.69 Å². The third kappa shape index (κ3) is 6.91. The van der Waals surface area contributed by atoms with E-state index in [0.29, 0.717) is 60.3 Å².